The summed E-state index contributed by atoms with van der Waals surface area (Å²) in [4.78, 5) is 13.8. The molecule has 0 saturated carbocycles. The fraction of sp³-hybridized carbons (Fsp3) is 0.923. The summed E-state index contributed by atoms with van der Waals surface area (Å²) in [5.41, 5.74) is 0. The Kier molecular flexibility index (Phi) is 5.70. The summed E-state index contributed by atoms with van der Waals surface area (Å²) in [6.07, 6.45) is 2.74. The second-order valence-corrected chi connectivity index (χ2v) is 10.5. The Balaban J connectivity index is 1.95. The fourth-order valence-corrected chi connectivity index (χ4v) is 4.39. The zero-order valence-electron chi connectivity index (χ0n) is 13.5. The van der Waals surface area contributed by atoms with Crippen molar-refractivity contribution in [3.05, 3.63) is 0 Å². The monoisotopic (exact) mass is 368 g/mol. The van der Waals surface area contributed by atoms with Gasteiger partial charge in [-0.3, -0.25) is 4.79 Å². The van der Waals surface area contributed by atoms with Crippen LogP contribution in [0.3, 0.4) is 0 Å². The van der Waals surface area contributed by atoms with Gasteiger partial charge in [0.15, 0.2) is 0 Å². The van der Waals surface area contributed by atoms with Gasteiger partial charge in [-0.25, -0.2) is 16.8 Å². The minimum absolute atomic E-state index is 0.0221. The summed E-state index contributed by atoms with van der Waals surface area (Å²) in [7, 11) is -6.41. The maximum absolute atomic E-state index is 12.1. The number of fused-ring (bicyclic) bond motifs is 1. The van der Waals surface area contributed by atoms with Crippen LogP contribution in [0.2, 0.25) is 0 Å². The van der Waals surface area contributed by atoms with Crippen molar-refractivity contribution >= 4 is 25.8 Å². The van der Waals surface area contributed by atoms with Crippen molar-refractivity contribution in [2.75, 3.05) is 51.1 Å². The second kappa shape index (κ2) is 7.04. The van der Waals surface area contributed by atoms with E-state index < -0.39 is 19.9 Å². The van der Waals surface area contributed by atoms with Crippen LogP contribution in [-0.4, -0.2) is 89.1 Å². The van der Waals surface area contributed by atoms with Crippen molar-refractivity contribution in [2.24, 2.45) is 5.92 Å². The number of sulfone groups is 1. The highest BCUT2D eigenvalue weighted by molar-refractivity contribution is 7.90. The molecule has 2 atom stereocenters. The third-order valence-corrected chi connectivity index (χ3v) is 6.53. The smallest absolute Gasteiger partial charge is 0.223 e. The molecule has 1 amide bonds. The number of carbonyl (C=O) groups excluding carboxylic acids is 1. The van der Waals surface area contributed by atoms with Gasteiger partial charge in [0.05, 0.1) is 24.7 Å². The molecule has 0 N–H and O–H groups in total. The maximum atomic E-state index is 12.1. The van der Waals surface area contributed by atoms with E-state index in [1.54, 1.807) is 4.90 Å². The molecule has 8 nitrogen and oxygen atoms in total. The van der Waals surface area contributed by atoms with Crippen LogP contribution in [-0.2, 0) is 29.4 Å². The van der Waals surface area contributed by atoms with Crippen LogP contribution in [0.1, 0.15) is 12.8 Å². The highest BCUT2D eigenvalue weighted by Crippen LogP contribution is 2.25. The number of likely N-dealkylation sites (tertiary alicyclic amines) is 1. The molecule has 0 bridgehead atoms. The molecule has 0 aliphatic carbocycles. The van der Waals surface area contributed by atoms with E-state index in [1.807, 2.05) is 0 Å². The fourth-order valence-electron chi connectivity index (χ4n) is 2.98. The predicted octanol–water partition coefficient (Wildman–Crippen LogP) is -1.07. The predicted molar refractivity (Wildman–Crippen MR) is 85.2 cm³/mol. The Labute approximate surface area is 137 Å². The van der Waals surface area contributed by atoms with Crippen LogP contribution < -0.4 is 0 Å². The number of carbonyl (C=O) groups is 1. The average Bonchev–Trinajstić information content (AvgIpc) is 2.64. The van der Waals surface area contributed by atoms with E-state index in [1.165, 1.54) is 10.6 Å². The summed E-state index contributed by atoms with van der Waals surface area (Å²) < 4.78 is 52.9. The molecule has 2 heterocycles. The number of hydrogen-bond acceptors (Lipinski definition) is 6. The van der Waals surface area contributed by atoms with Crippen molar-refractivity contribution in [3.8, 4) is 0 Å². The summed E-state index contributed by atoms with van der Waals surface area (Å²) in [5.74, 6) is -0.285. The van der Waals surface area contributed by atoms with Crippen molar-refractivity contribution in [1.82, 2.24) is 9.21 Å². The number of rotatable bonds is 4. The zero-order valence-corrected chi connectivity index (χ0v) is 15.1. The Hall–Kier alpha value is -0.710. The number of sulfonamides is 1. The minimum atomic E-state index is -3.25. The van der Waals surface area contributed by atoms with Gasteiger partial charge in [0, 0.05) is 44.8 Å². The van der Waals surface area contributed by atoms with Gasteiger partial charge in [-0.15, -0.1) is 0 Å². The molecule has 10 heteroatoms. The minimum Gasteiger partial charge on any atom is -0.375 e. The topological polar surface area (TPSA) is 101 Å². The maximum Gasteiger partial charge on any atom is 0.223 e. The van der Waals surface area contributed by atoms with Crippen molar-refractivity contribution in [1.29, 1.82) is 0 Å². The van der Waals surface area contributed by atoms with Crippen molar-refractivity contribution in [3.63, 3.8) is 0 Å². The quantitative estimate of drug-likeness (QED) is 0.626. The highest BCUT2D eigenvalue weighted by Gasteiger charge is 2.36. The van der Waals surface area contributed by atoms with Gasteiger partial charge in [0.25, 0.3) is 0 Å². The highest BCUT2D eigenvalue weighted by atomic mass is 32.2. The van der Waals surface area contributed by atoms with Crippen molar-refractivity contribution in [2.45, 2.75) is 18.9 Å². The molecule has 2 saturated heterocycles. The van der Waals surface area contributed by atoms with Gasteiger partial charge in [0.1, 0.15) is 9.84 Å². The molecule has 134 valence electrons. The molecule has 0 unspecified atom stereocenters. The van der Waals surface area contributed by atoms with E-state index in [0.29, 0.717) is 39.2 Å². The standard InChI is InChI=1S/C13H24N2O6S2/c1-22(17,18)8-4-13(16)14-5-3-11-9-15(23(2,19)20)6-7-21-12(11)10-14/h11-12H,3-10H2,1-2H3/t11-,12-/m1/s1. The van der Waals surface area contributed by atoms with E-state index >= 15 is 0 Å². The van der Waals surface area contributed by atoms with Gasteiger partial charge in [-0.1, -0.05) is 0 Å². The first-order chi connectivity index (χ1) is 10.6. The zero-order chi connectivity index (χ0) is 17.3. The average molecular weight is 368 g/mol. The van der Waals surface area contributed by atoms with E-state index in [2.05, 4.69) is 0 Å². The van der Waals surface area contributed by atoms with E-state index in [0.717, 1.165) is 6.26 Å². The molecule has 0 radical (unpaired) electrons. The number of hydrogen-bond donors (Lipinski definition) is 0. The van der Waals surface area contributed by atoms with Gasteiger partial charge in [-0.2, -0.15) is 4.31 Å². The molecule has 2 fully saturated rings. The van der Waals surface area contributed by atoms with Gasteiger partial charge in [-0.05, 0) is 6.42 Å². The molecule has 0 aromatic rings. The van der Waals surface area contributed by atoms with Crippen LogP contribution in [0.4, 0.5) is 0 Å². The molecule has 2 rings (SSSR count). The lowest BCUT2D eigenvalue weighted by molar-refractivity contribution is -0.136. The number of ether oxygens (including phenoxy) is 1. The number of amides is 1. The van der Waals surface area contributed by atoms with E-state index in [9.17, 15) is 21.6 Å². The second-order valence-electron chi connectivity index (χ2n) is 6.30. The largest absolute Gasteiger partial charge is 0.375 e. The molecule has 0 aromatic carbocycles. The summed E-state index contributed by atoms with van der Waals surface area (Å²) in [6.45, 7) is 1.94. The van der Waals surface area contributed by atoms with E-state index in [-0.39, 0.29) is 30.1 Å². The molecular formula is C13H24N2O6S2. The summed E-state index contributed by atoms with van der Waals surface area (Å²) in [6, 6.07) is 0. The van der Waals surface area contributed by atoms with Crippen LogP contribution in [0.25, 0.3) is 0 Å². The first-order valence-electron chi connectivity index (χ1n) is 7.58. The van der Waals surface area contributed by atoms with Gasteiger partial charge < -0.3 is 9.64 Å². The SMILES string of the molecule is CS(=O)(=O)CCC(=O)N1CC[C@@H]2CN(S(C)(=O)=O)CCO[C@@H]2C1. The normalized spacial score (nSPS) is 27.3. The summed E-state index contributed by atoms with van der Waals surface area (Å²) in [5, 5.41) is 0. The molecule has 0 spiro atoms. The van der Waals surface area contributed by atoms with Crippen LogP contribution >= 0.6 is 0 Å². The van der Waals surface area contributed by atoms with Gasteiger partial charge >= 0.3 is 0 Å². The Morgan fingerprint density at radius 2 is 1.83 bits per heavy atom. The third kappa shape index (κ3) is 5.40. The Morgan fingerprint density at radius 3 is 2.43 bits per heavy atom. The Bertz CT molecular complexity index is 645. The van der Waals surface area contributed by atoms with Crippen molar-refractivity contribution < 1.29 is 26.4 Å². The number of nitrogens with zero attached hydrogens (tertiary/aromatic N) is 2. The molecule has 0 aromatic heterocycles. The van der Waals surface area contributed by atoms with Crippen LogP contribution in [0.15, 0.2) is 0 Å². The van der Waals surface area contributed by atoms with Crippen LogP contribution in [0.5, 0.6) is 0 Å². The Morgan fingerprint density at radius 1 is 1.13 bits per heavy atom. The molecule has 23 heavy (non-hydrogen) atoms. The van der Waals surface area contributed by atoms with Crippen LogP contribution in [0, 0.1) is 5.92 Å². The number of piperidine rings is 1. The lowest BCUT2D eigenvalue weighted by atomic mass is 9.93. The third-order valence-electron chi connectivity index (χ3n) is 4.32. The first kappa shape index (κ1) is 18.6. The lowest BCUT2D eigenvalue weighted by Crippen LogP contribution is -2.49. The summed E-state index contributed by atoms with van der Waals surface area (Å²) >= 11 is 0. The molecular weight excluding hydrogens is 344 g/mol. The molecule has 2 aliphatic heterocycles. The lowest BCUT2D eigenvalue weighted by Gasteiger charge is -2.37. The van der Waals surface area contributed by atoms with E-state index in [4.69, 9.17) is 4.74 Å². The first-order valence-corrected chi connectivity index (χ1v) is 11.5. The van der Waals surface area contributed by atoms with Gasteiger partial charge in [0.2, 0.25) is 15.9 Å². The molecule has 2 aliphatic rings.